The molecule has 3 N–H and O–H groups in total. The lowest BCUT2D eigenvalue weighted by atomic mass is 10.1. The second kappa shape index (κ2) is 8.19. The van der Waals surface area contributed by atoms with Crippen LogP contribution in [-0.2, 0) is 11.2 Å². The number of carbonyl (C=O) groups is 2. The highest BCUT2D eigenvalue weighted by atomic mass is 16.5. The number of amides is 2. The van der Waals surface area contributed by atoms with Crippen LogP contribution in [0.4, 0.5) is 16.2 Å². The molecular weight excluding hydrogens is 320 g/mol. The summed E-state index contributed by atoms with van der Waals surface area (Å²) in [6, 6.07) is 10.5. The lowest BCUT2D eigenvalue weighted by Crippen LogP contribution is -2.20. The van der Waals surface area contributed by atoms with E-state index >= 15 is 0 Å². The second-order valence-electron chi connectivity index (χ2n) is 5.81. The first-order valence-corrected chi connectivity index (χ1v) is 7.93. The number of carboxylic acids is 1. The van der Waals surface area contributed by atoms with E-state index in [9.17, 15) is 9.59 Å². The fourth-order valence-corrected chi connectivity index (χ4v) is 2.48. The third-order valence-corrected chi connectivity index (χ3v) is 3.80. The molecule has 0 aromatic heterocycles. The fraction of sp³-hybridized carbons (Fsp3) is 0.263. The topological polar surface area (TPSA) is 87.7 Å². The zero-order chi connectivity index (χ0) is 18.4. The lowest BCUT2D eigenvalue weighted by molar-refractivity contribution is -0.136. The number of nitrogens with one attached hydrogen (secondary N) is 2. The summed E-state index contributed by atoms with van der Waals surface area (Å²) < 4.78 is 5.26. The Hall–Kier alpha value is -3.02. The molecule has 2 rings (SSSR count). The Morgan fingerprint density at radius 2 is 1.84 bits per heavy atom. The van der Waals surface area contributed by atoms with Crippen LogP contribution in [0.2, 0.25) is 0 Å². The number of rotatable bonds is 6. The van der Waals surface area contributed by atoms with Crippen molar-refractivity contribution in [3.05, 3.63) is 53.1 Å². The molecule has 0 fully saturated rings. The summed E-state index contributed by atoms with van der Waals surface area (Å²) in [6.45, 7) is 3.80. The number of urea groups is 1. The normalized spacial score (nSPS) is 10.2. The van der Waals surface area contributed by atoms with E-state index in [1.807, 2.05) is 32.0 Å². The maximum Gasteiger partial charge on any atom is 0.323 e. The van der Waals surface area contributed by atoms with Crippen LogP contribution in [0.1, 0.15) is 23.1 Å². The van der Waals surface area contributed by atoms with Gasteiger partial charge in [0, 0.05) is 17.8 Å². The van der Waals surface area contributed by atoms with Crippen molar-refractivity contribution in [3.63, 3.8) is 0 Å². The number of hydrogen-bond acceptors (Lipinski definition) is 3. The molecule has 0 heterocycles. The minimum absolute atomic E-state index is 0.0555. The standard InChI is InChI=1S/C19H22N2O4/c1-12-10-17(25-3)13(2)9-16(12)21-19(24)20-15-6-4-5-14(11-15)7-8-18(22)23/h4-6,9-11H,7-8H2,1-3H3,(H,22,23)(H2,20,21,24). The molecule has 0 atom stereocenters. The maximum absolute atomic E-state index is 12.2. The molecule has 0 spiro atoms. The fourth-order valence-electron chi connectivity index (χ4n) is 2.48. The van der Waals surface area contributed by atoms with Gasteiger partial charge in [-0.1, -0.05) is 12.1 Å². The predicted octanol–water partition coefficient (Wildman–Crippen LogP) is 3.97. The van der Waals surface area contributed by atoms with Crippen molar-refractivity contribution < 1.29 is 19.4 Å². The van der Waals surface area contributed by atoms with E-state index < -0.39 is 5.97 Å². The van der Waals surface area contributed by atoms with Crippen molar-refractivity contribution in [2.75, 3.05) is 17.7 Å². The van der Waals surface area contributed by atoms with E-state index in [2.05, 4.69) is 10.6 Å². The monoisotopic (exact) mass is 342 g/mol. The summed E-state index contributed by atoms with van der Waals surface area (Å²) in [4.78, 5) is 22.9. The average Bonchev–Trinajstić information content (AvgIpc) is 2.56. The van der Waals surface area contributed by atoms with E-state index in [-0.39, 0.29) is 12.5 Å². The van der Waals surface area contributed by atoms with Crippen molar-refractivity contribution in [1.82, 2.24) is 0 Å². The molecule has 0 aliphatic rings. The molecule has 0 bridgehead atoms. The zero-order valence-corrected chi connectivity index (χ0v) is 14.6. The molecule has 0 saturated carbocycles. The van der Waals surface area contributed by atoms with Gasteiger partial charge in [0.25, 0.3) is 0 Å². The third kappa shape index (κ3) is 5.24. The van der Waals surface area contributed by atoms with Crippen LogP contribution in [0.3, 0.4) is 0 Å². The zero-order valence-electron chi connectivity index (χ0n) is 14.6. The van der Waals surface area contributed by atoms with Gasteiger partial charge in [-0.05, 0) is 61.2 Å². The Balaban J connectivity index is 2.04. The molecule has 0 unspecified atom stereocenters. The van der Waals surface area contributed by atoms with Crippen LogP contribution >= 0.6 is 0 Å². The van der Waals surface area contributed by atoms with Crippen LogP contribution in [0.5, 0.6) is 5.75 Å². The summed E-state index contributed by atoms with van der Waals surface area (Å²) in [5.74, 6) is -0.0731. The number of ether oxygens (including phenoxy) is 1. The van der Waals surface area contributed by atoms with E-state index in [0.29, 0.717) is 17.8 Å². The van der Waals surface area contributed by atoms with Crippen LogP contribution in [0.15, 0.2) is 36.4 Å². The summed E-state index contributed by atoms with van der Waals surface area (Å²) >= 11 is 0. The summed E-state index contributed by atoms with van der Waals surface area (Å²) in [5, 5.41) is 14.3. The molecule has 132 valence electrons. The number of anilines is 2. The molecule has 0 radical (unpaired) electrons. The van der Waals surface area contributed by atoms with Crippen molar-refractivity contribution in [2.45, 2.75) is 26.7 Å². The van der Waals surface area contributed by atoms with E-state index in [1.54, 1.807) is 25.3 Å². The van der Waals surface area contributed by atoms with Crippen LogP contribution < -0.4 is 15.4 Å². The predicted molar refractivity (Wildman–Crippen MR) is 97.5 cm³/mol. The first-order valence-electron chi connectivity index (χ1n) is 7.93. The lowest BCUT2D eigenvalue weighted by Gasteiger charge is -2.13. The highest BCUT2D eigenvalue weighted by Gasteiger charge is 2.09. The maximum atomic E-state index is 12.2. The summed E-state index contributed by atoms with van der Waals surface area (Å²) in [7, 11) is 1.61. The van der Waals surface area contributed by atoms with Gasteiger partial charge in [-0.2, -0.15) is 0 Å². The van der Waals surface area contributed by atoms with Gasteiger partial charge in [-0.15, -0.1) is 0 Å². The summed E-state index contributed by atoms with van der Waals surface area (Å²) in [6.07, 6.45) is 0.475. The first-order chi connectivity index (χ1) is 11.9. The Morgan fingerprint density at radius 3 is 2.52 bits per heavy atom. The van der Waals surface area contributed by atoms with Crippen molar-refractivity contribution >= 4 is 23.4 Å². The molecule has 2 aromatic carbocycles. The highest BCUT2D eigenvalue weighted by Crippen LogP contribution is 2.26. The van der Waals surface area contributed by atoms with Crippen LogP contribution in [0, 0.1) is 13.8 Å². The molecule has 6 heteroatoms. The van der Waals surface area contributed by atoms with Gasteiger partial charge >= 0.3 is 12.0 Å². The Morgan fingerprint density at radius 1 is 1.08 bits per heavy atom. The number of hydrogen-bond donors (Lipinski definition) is 3. The largest absolute Gasteiger partial charge is 0.496 e. The molecule has 25 heavy (non-hydrogen) atoms. The van der Waals surface area contributed by atoms with Crippen LogP contribution in [-0.4, -0.2) is 24.2 Å². The highest BCUT2D eigenvalue weighted by molar-refractivity contribution is 6.00. The van der Waals surface area contributed by atoms with Crippen molar-refractivity contribution in [2.24, 2.45) is 0 Å². The number of carbonyl (C=O) groups excluding carboxylic acids is 1. The SMILES string of the molecule is COc1cc(C)c(NC(=O)Nc2cccc(CCC(=O)O)c2)cc1C. The van der Waals surface area contributed by atoms with E-state index in [1.165, 1.54) is 0 Å². The quantitative estimate of drug-likeness (QED) is 0.741. The van der Waals surface area contributed by atoms with Gasteiger partial charge in [0.15, 0.2) is 0 Å². The van der Waals surface area contributed by atoms with Gasteiger partial charge in [0.2, 0.25) is 0 Å². The molecule has 2 amide bonds. The van der Waals surface area contributed by atoms with Gasteiger partial charge in [0.05, 0.1) is 7.11 Å². The molecular formula is C19H22N2O4. The van der Waals surface area contributed by atoms with E-state index in [4.69, 9.17) is 9.84 Å². The van der Waals surface area contributed by atoms with E-state index in [0.717, 1.165) is 22.4 Å². The number of carboxylic acid groups (broad SMARTS) is 1. The minimum Gasteiger partial charge on any atom is -0.496 e. The number of benzene rings is 2. The third-order valence-electron chi connectivity index (χ3n) is 3.80. The Bertz CT molecular complexity index is 787. The van der Waals surface area contributed by atoms with Crippen molar-refractivity contribution in [3.8, 4) is 5.75 Å². The van der Waals surface area contributed by atoms with Gasteiger partial charge in [-0.3, -0.25) is 4.79 Å². The molecule has 0 saturated heterocycles. The molecule has 6 nitrogen and oxygen atoms in total. The smallest absolute Gasteiger partial charge is 0.323 e. The average molecular weight is 342 g/mol. The number of aliphatic carboxylic acids is 1. The number of aryl methyl sites for hydroxylation is 3. The first kappa shape index (κ1) is 18.3. The Kier molecular flexibility index (Phi) is 6.00. The minimum atomic E-state index is -0.846. The van der Waals surface area contributed by atoms with Gasteiger partial charge in [0.1, 0.15) is 5.75 Å². The molecule has 0 aliphatic carbocycles. The van der Waals surface area contributed by atoms with Gasteiger partial charge in [-0.25, -0.2) is 4.79 Å². The van der Waals surface area contributed by atoms with Crippen LogP contribution in [0.25, 0.3) is 0 Å². The summed E-state index contributed by atoms with van der Waals surface area (Å²) in [5.41, 5.74) is 4.00. The number of methoxy groups -OCH3 is 1. The van der Waals surface area contributed by atoms with Gasteiger partial charge < -0.3 is 20.5 Å². The Labute approximate surface area is 146 Å². The van der Waals surface area contributed by atoms with Crippen molar-refractivity contribution in [1.29, 1.82) is 0 Å². The molecule has 2 aromatic rings. The molecule has 0 aliphatic heterocycles. The second-order valence-corrected chi connectivity index (χ2v) is 5.81.